The van der Waals surface area contributed by atoms with E-state index < -0.39 is 0 Å². The van der Waals surface area contributed by atoms with Gasteiger partial charge in [0.1, 0.15) is 5.52 Å². The third-order valence-electron chi connectivity index (χ3n) is 5.81. The number of amides is 1. The van der Waals surface area contributed by atoms with Crippen LogP contribution < -0.4 is 5.32 Å². The number of aromatic nitrogens is 2. The Morgan fingerprint density at radius 3 is 2.67 bits per heavy atom. The minimum absolute atomic E-state index is 0.0167. The number of hydrogen-bond acceptors (Lipinski definition) is 3. The molecule has 30 heavy (non-hydrogen) atoms. The van der Waals surface area contributed by atoms with Crippen LogP contribution in [0.25, 0.3) is 16.6 Å². The summed E-state index contributed by atoms with van der Waals surface area (Å²) in [7, 11) is 0. The van der Waals surface area contributed by atoms with Gasteiger partial charge in [0, 0.05) is 26.1 Å². The Hall–Kier alpha value is -2.92. The number of carbonyl (C=O) groups is 1. The van der Waals surface area contributed by atoms with E-state index in [1.54, 1.807) is 0 Å². The number of benzene rings is 2. The highest BCUT2D eigenvalue weighted by Gasteiger charge is 2.13. The molecule has 1 aliphatic heterocycles. The molecule has 4 rings (SSSR count). The van der Waals surface area contributed by atoms with Crippen LogP contribution in [0.2, 0.25) is 0 Å². The summed E-state index contributed by atoms with van der Waals surface area (Å²) in [4.78, 5) is 18.8. The topological polar surface area (TPSA) is 50.2 Å². The standard InChI is InChI=1S/C25H30N4O/c1-2-24(30)27-22-11-8-12-23-25(22)26-19-29(23)16-7-6-15-28-17-13-21(14-18-28)20-9-4-3-5-10-20/h3-5,8-13,19H,2,6-7,14-18H2,1H3,(H,27,30). The number of imidazole rings is 1. The molecular weight excluding hydrogens is 372 g/mol. The number of rotatable bonds is 8. The summed E-state index contributed by atoms with van der Waals surface area (Å²) in [5, 5.41) is 2.95. The van der Waals surface area contributed by atoms with Crippen LogP contribution in [0.15, 0.2) is 60.9 Å². The van der Waals surface area contributed by atoms with Crippen molar-refractivity contribution >= 4 is 28.2 Å². The van der Waals surface area contributed by atoms with Crippen molar-refractivity contribution in [2.24, 2.45) is 0 Å². The molecule has 2 heterocycles. The lowest BCUT2D eigenvalue weighted by atomic mass is 9.99. The molecule has 2 aromatic carbocycles. The molecule has 0 atom stereocenters. The van der Waals surface area contributed by atoms with E-state index in [9.17, 15) is 4.79 Å². The Kier molecular flexibility index (Phi) is 6.60. The summed E-state index contributed by atoms with van der Waals surface area (Å²) in [5.74, 6) is 0.0167. The predicted molar refractivity (Wildman–Crippen MR) is 123 cm³/mol. The Labute approximate surface area is 178 Å². The lowest BCUT2D eigenvalue weighted by molar-refractivity contribution is -0.115. The van der Waals surface area contributed by atoms with Crippen molar-refractivity contribution in [2.75, 3.05) is 25.0 Å². The first-order valence-corrected chi connectivity index (χ1v) is 10.9. The van der Waals surface area contributed by atoms with Gasteiger partial charge < -0.3 is 9.88 Å². The number of fused-ring (bicyclic) bond motifs is 1. The van der Waals surface area contributed by atoms with E-state index in [1.807, 2.05) is 25.4 Å². The highest BCUT2D eigenvalue weighted by atomic mass is 16.1. The Morgan fingerprint density at radius 1 is 1.07 bits per heavy atom. The van der Waals surface area contributed by atoms with Crippen LogP contribution in [0.4, 0.5) is 5.69 Å². The summed E-state index contributed by atoms with van der Waals surface area (Å²) in [6.07, 6.45) is 8.15. The highest BCUT2D eigenvalue weighted by Crippen LogP contribution is 2.24. The number of para-hydroxylation sites is 1. The SMILES string of the molecule is CCC(=O)Nc1cccc2c1ncn2CCCCN1CC=C(c2ccccc2)CC1. The van der Waals surface area contributed by atoms with Crippen LogP contribution in [-0.2, 0) is 11.3 Å². The quantitative estimate of drug-likeness (QED) is 0.542. The van der Waals surface area contributed by atoms with Crippen molar-refractivity contribution in [1.82, 2.24) is 14.5 Å². The molecule has 0 aliphatic carbocycles. The van der Waals surface area contributed by atoms with E-state index in [-0.39, 0.29) is 5.91 Å². The van der Waals surface area contributed by atoms with E-state index in [0.717, 1.165) is 55.7 Å². The first-order valence-electron chi connectivity index (χ1n) is 10.9. The number of nitrogens with one attached hydrogen (secondary N) is 1. The number of nitrogens with zero attached hydrogens (tertiary/aromatic N) is 3. The summed E-state index contributed by atoms with van der Waals surface area (Å²) >= 11 is 0. The van der Waals surface area contributed by atoms with Crippen LogP contribution in [0.5, 0.6) is 0 Å². The molecular formula is C25H30N4O. The van der Waals surface area contributed by atoms with Crippen molar-refractivity contribution in [2.45, 2.75) is 39.2 Å². The van der Waals surface area contributed by atoms with Crippen LogP contribution in [0.1, 0.15) is 38.2 Å². The number of unbranched alkanes of at least 4 members (excludes halogenated alkanes) is 1. The molecule has 0 radical (unpaired) electrons. The maximum atomic E-state index is 11.7. The highest BCUT2D eigenvalue weighted by molar-refractivity contribution is 5.99. The van der Waals surface area contributed by atoms with Crippen LogP contribution in [0, 0.1) is 0 Å². The summed E-state index contributed by atoms with van der Waals surface area (Å²) in [6.45, 7) is 6.10. The predicted octanol–water partition coefficient (Wildman–Crippen LogP) is 4.95. The van der Waals surface area contributed by atoms with Crippen molar-refractivity contribution in [1.29, 1.82) is 0 Å². The van der Waals surface area contributed by atoms with Gasteiger partial charge in [0.25, 0.3) is 0 Å². The van der Waals surface area contributed by atoms with Gasteiger partial charge in [-0.1, -0.05) is 49.4 Å². The van der Waals surface area contributed by atoms with E-state index >= 15 is 0 Å². The van der Waals surface area contributed by atoms with Gasteiger partial charge in [0.2, 0.25) is 5.91 Å². The fraction of sp³-hybridized carbons (Fsp3) is 0.360. The summed E-state index contributed by atoms with van der Waals surface area (Å²) in [5.41, 5.74) is 5.58. The molecule has 1 amide bonds. The molecule has 5 nitrogen and oxygen atoms in total. The van der Waals surface area contributed by atoms with Gasteiger partial charge in [-0.15, -0.1) is 0 Å². The number of anilines is 1. The van der Waals surface area contributed by atoms with Crippen molar-refractivity contribution in [3.05, 3.63) is 66.5 Å². The second-order valence-corrected chi connectivity index (χ2v) is 7.87. The lowest BCUT2D eigenvalue weighted by Gasteiger charge is -2.26. The molecule has 0 saturated carbocycles. The second-order valence-electron chi connectivity index (χ2n) is 7.87. The smallest absolute Gasteiger partial charge is 0.224 e. The first kappa shape index (κ1) is 20.4. The maximum absolute atomic E-state index is 11.7. The van der Waals surface area contributed by atoms with Gasteiger partial charge in [-0.3, -0.25) is 9.69 Å². The Morgan fingerprint density at radius 2 is 1.90 bits per heavy atom. The van der Waals surface area contributed by atoms with E-state index in [0.29, 0.717) is 6.42 Å². The minimum Gasteiger partial charge on any atom is -0.331 e. The van der Waals surface area contributed by atoms with Gasteiger partial charge in [0.15, 0.2) is 0 Å². The van der Waals surface area contributed by atoms with E-state index in [2.05, 4.69) is 62.2 Å². The minimum atomic E-state index is 0.0167. The number of carbonyl (C=O) groups excluding carboxylic acids is 1. The molecule has 0 saturated heterocycles. The average Bonchev–Trinajstić information content (AvgIpc) is 3.22. The first-order chi connectivity index (χ1) is 14.7. The monoisotopic (exact) mass is 402 g/mol. The van der Waals surface area contributed by atoms with Crippen LogP contribution >= 0.6 is 0 Å². The van der Waals surface area contributed by atoms with Gasteiger partial charge in [-0.05, 0) is 49.1 Å². The summed E-state index contributed by atoms with van der Waals surface area (Å²) < 4.78 is 2.19. The average molecular weight is 403 g/mol. The molecule has 3 aromatic rings. The third-order valence-corrected chi connectivity index (χ3v) is 5.81. The van der Waals surface area contributed by atoms with Crippen molar-refractivity contribution in [3.8, 4) is 0 Å². The molecule has 1 aromatic heterocycles. The van der Waals surface area contributed by atoms with Gasteiger partial charge in [0.05, 0.1) is 17.5 Å². The molecule has 0 bridgehead atoms. The fourth-order valence-electron chi connectivity index (χ4n) is 4.05. The maximum Gasteiger partial charge on any atom is 0.224 e. The van der Waals surface area contributed by atoms with Crippen LogP contribution in [0.3, 0.4) is 0 Å². The summed E-state index contributed by atoms with van der Waals surface area (Å²) in [6, 6.07) is 16.7. The molecule has 0 fully saturated rings. The number of aryl methyl sites for hydroxylation is 1. The second kappa shape index (κ2) is 9.72. The van der Waals surface area contributed by atoms with Gasteiger partial charge >= 0.3 is 0 Å². The Bertz CT molecular complexity index is 1020. The molecule has 5 heteroatoms. The Balaban J connectivity index is 1.27. The molecule has 0 unspecified atom stereocenters. The fourth-order valence-corrected chi connectivity index (χ4v) is 4.05. The zero-order valence-corrected chi connectivity index (χ0v) is 17.7. The normalized spacial score (nSPS) is 14.6. The zero-order valence-electron chi connectivity index (χ0n) is 17.7. The number of hydrogen-bond donors (Lipinski definition) is 1. The van der Waals surface area contributed by atoms with E-state index in [1.165, 1.54) is 17.6 Å². The molecule has 156 valence electrons. The lowest BCUT2D eigenvalue weighted by Crippen LogP contribution is -2.29. The van der Waals surface area contributed by atoms with Crippen molar-refractivity contribution in [3.63, 3.8) is 0 Å². The van der Waals surface area contributed by atoms with Gasteiger partial charge in [-0.25, -0.2) is 4.98 Å². The largest absolute Gasteiger partial charge is 0.331 e. The zero-order chi connectivity index (χ0) is 20.8. The molecule has 1 N–H and O–H groups in total. The van der Waals surface area contributed by atoms with Crippen molar-refractivity contribution < 1.29 is 4.79 Å². The third kappa shape index (κ3) is 4.79. The molecule has 0 spiro atoms. The van der Waals surface area contributed by atoms with Gasteiger partial charge in [-0.2, -0.15) is 0 Å². The van der Waals surface area contributed by atoms with Crippen LogP contribution in [-0.4, -0.2) is 40.0 Å². The van der Waals surface area contributed by atoms with E-state index in [4.69, 9.17) is 0 Å². The molecule has 1 aliphatic rings.